The number of fused-ring (bicyclic) bond motifs is 3. The maximum absolute atomic E-state index is 10.8. The van der Waals surface area contributed by atoms with Crippen molar-refractivity contribution in [1.29, 1.82) is 0 Å². The largest absolute Gasteiger partial charge is 0.508 e. The molecule has 0 saturated heterocycles. The zero-order chi connectivity index (χ0) is 15.2. The molecule has 5 heteroatoms. The molecule has 0 fully saturated rings. The highest BCUT2D eigenvalue weighted by Crippen LogP contribution is 2.48. The molecule has 1 heterocycles. The summed E-state index contributed by atoms with van der Waals surface area (Å²) in [6.45, 7) is 2.05. The van der Waals surface area contributed by atoms with E-state index in [4.69, 9.17) is 9.47 Å². The summed E-state index contributed by atoms with van der Waals surface area (Å²) >= 11 is 0. The number of hydrogen-bond donors (Lipinski definition) is 2. The number of aromatic hydroxyl groups is 1. The number of benzene rings is 1. The van der Waals surface area contributed by atoms with Gasteiger partial charge in [0.25, 0.3) is 0 Å². The molecule has 2 atom stereocenters. The van der Waals surface area contributed by atoms with Crippen molar-refractivity contribution in [3.63, 3.8) is 0 Å². The van der Waals surface area contributed by atoms with Crippen LogP contribution in [0.25, 0.3) is 10.9 Å². The molecule has 0 amide bonds. The molecule has 0 saturated carbocycles. The van der Waals surface area contributed by atoms with Crippen LogP contribution in [0.5, 0.6) is 5.75 Å². The molecule has 1 aliphatic carbocycles. The number of rotatable bonds is 2. The van der Waals surface area contributed by atoms with E-state index in [1.807, 2.05) is 6.92 Å². The van der Waals surface area contributed by atoms with E-state index in [0.717, 1.165) is 22.0 Å². The summed E-state index contributed by atoms with van der Waals surface area (Å²) in [6, 6.07) is 4.94. The Kier molecular flexibility index (Phi) is 3.36. The third-order valence-corrected chi connectivity index (χ3v) is 4.43. The van der Waals surface area contributed by atoms with E-state index in [1.54, 1.807) is 24.4 Å². The first-order chi connectivity index (χ1) is 10.0. The van der Waals surface area contributed by atoms with Gasteiger partial charge >= 0.3 is 0 Å². The second-order valence-electron chi connectivity index (χ2n) is 5.56. The van der Waals surface area contributed by atoms with Gasteiger partial charge in [0.05, 0.1) is 5.52 Å². The summed E-state index contributed by atoms with van der Waals surface area (Å²) in [5.41, 5.74) is 2.41. The lowest BCUT2D eigenvalue weighted by Gasteiger charge is -2.42. The van der Waals surface area contributed by atoms with Crippen LogP contribution in [-0.2, 0) is 9.47 Å². The summed E-state index contributed by atoms with van der Waals surface area (Å²) in [5.74, 6) is -0.808. The number of aromatic nitrogens is 1. The zero-order valence-corrected chi connectivity index (χ0v) is 12.3. The average Bonchev–Trinajstić information content (AvgIpc) is 2.50. The third-order valence-electron chi connectivity index (χ3n) is 4.43. The van der Waals surface area contributed by atoms with Crippen molar-refractivity contribution >= 4 is 10.9 Å². The fraction of sp³-hybridized carbons (Fsp3) is 0.438. The van der Waals surface area contributed by atoms with Crippen molar-refractivity contribution < 1.29 is 19.7 Å². The third kappa shape index (κ3) is 2.00. The molecule has 21 heavy (non-hydrogen) atoms. The molecule has 0 radical (unpaired) electrons. The zero-order valence-electron chi connectivity index (χ0n) is 12.3. The summed E-state index contributed by atoms with van der Waals surface area (Å²) in [7, 11) is 3.07. The van der Waals surface area contributed by atoms with Gasteiger partial charge in [-0.25, -0.2) is 0 Å². The van der Waals surface area contributed by atoms with Gasteiger partial charge in [-0.05, 0) is 29.7 Å². The quantitative estimate of drug-likeness (QED) is 0.831. The van der Waals surface area contributed by atoms with Crippen LogP contribution in [0.2, 0.25) is 0 Å². The molecule has 2 aromatic rings. The van der Waals surface area contributed by atoms with Crippen LogP contribution in [0, 0.1) is 0 Å². The smallest absolute Gasteiger partial charge is 0.198 e. The van der Waals surface area contributed by atoms with Crippen molar-refractivity contribution in [3.05, 3.63) is 35.5 Å². The summed E-state index contributed by atoms with van der Waals surface area (Å²) in [6.07, 6.45) is 1.39. The average molecular weight is 289 g/mol. The van der Waals surface area contributed by atoms with Crippen LogP contribution in [0.3, 0.4) is 0 Å². The van der Waals surface area contributed by atoms with E-state index in [-0.39, 0.29) is 11.7 Å². The lowest BCUT2D eigenvalue weighted by Crippen LogP contribution is -2.45. The van der Waals surface area contributed by atoms with Crippen LogP contribution in [0.4, 0.5) is 0 Å². The first kappa shape index (κ1) is 14.3. The van der Waals surface area contributed by atoms with Crippen molar-refractivity contribution in [2.24, 2.45) is 0 Å². The normalized spacial score (nSPS) is 24.0. The van der Waals surface area contributed by atoms with Crippen LogP contribution >= 0.6 is 0 Å². The molecule has 0 unspecified atom stereocenters. The van der Waals surface area contributed by atoms with Gasteiger partial charge in [-0.15, -0.1) is 0 Å². The Hall–Kier alpha value is -1.69. The highest BCUT2D eigenvalue weighted by molar-refractivity contribution is 5.85. The predicted octanol–water partition coefficient (Wildman–Crippen LogP) is 2.47. The van der Waals surface area contributed by atoms with Gasteiger partial charge in [0, 0.05) is 37.8 Å². The SMILES string of the molecule is COC1(OC)C[C@H](C)c2cnc3ccc(O)cc3c2[C@H]1O. The van der Waals surface area contributed by atoms with E-state index < -0.39 is 11.9 Å². The van der Waals surface area contributed by atoms with Crippen LogP contribution < -0.4 is 0 Å². The topological polar surface area (TPSA) is 71.8 Å². The molecule has 112 valence electrons. The fourth-order valence-electron chi connectivity index (χ4n) is 3.26. The summed E-state index contributed by atoms with van der Waals surface area (Å²) in [5, 5.41) is 21.3. The standard InChI is InChI=1S/C16H19NO4/c1-9-7-16(20-2,21-3)15(19)14-11-6-10(18)4-5-13(11)17-8-12(9)14/h4-6,8-9,15,18-19H,7H2,1-3H3/t9-,15+/m0/s1. The minimum Gasteiger partial charge on any atom is -0.508 e. The van der Waals surface area contributed by atoms with E-state index in [1.165, 1.54) is 14.2 Å². The lowest BCUT2D eigenvalue weighted by molar-refractivity contribution is -0.271. The second-order valence-corrected chi connectivity index (χ2v) is 5.56. The van der Waals surface area contributed by atoms with Crippen LogP contribution in [0.15, 0.2) is 24.4 Å². The Bertz CT molecular complexity index is 681. The number of nitrogens with zero attached hydrogens (tertiary/aromatic N) is 1. The fourth-order valence-corrected chi connectivity index (χ4v) is 3.26. The Balaban J connectivity index is 2.31. The Morgan fingerprint density at radius 1 is 1.29 bits per heavy atom. The molecule has 0 spiro atoms. The number of aliphatic hydroxyl groups is 1. The van der Waals surface area contributed by atoms with E-state index in [9.17, 15) is 10.2 Å². The van der Waals surface area contributed by atoms with E-state index in [2.05, 4.69) is 4.98 Å². The number of aliphatic hydroxyl groups excluding tert-OH is 1. The number of ether oxygens (including phenoxy) is 2. The van der Waals surface area contributed by atoms with Gasteiger partial charge in [0.1, 0.15) is 11.9 Å². The number of phenols is 1. The first-order valence-electron chi connectivity index (χ1n) is 6.92. The monoisotopic (exact) mass is 289 g/mol. The van der Waals surface area contributed by atoms with Crippen molar-refractivity contribution in [1.82, 2.24) is 4.98 Å². The highest BCUT2D eigenvalue weighted by Gasteiger charge is 2.47. The minimum absolute atomic E-state index is 0.127. The van der Waals surface area contributed by atoms with Crippen molar-refractivity contribution in [2.75, 3.05) is 14.2 Å². The maximum atomic E-state index is 10.8. The number of methoxy groups -OCH3 is 2. The molecule has 0 bridgehead atoms. The molecule has 3 rings (SSSR count). The molecule has 0 aliphatic heterocycles. The molecular weight excluding hydrogens is 270 g/mol. The summed E-state index contributed by atoms with van der Waals surface area (Å²) < 4.78 is 11.0. The molecule has 5 nitrogen and oxygen atoms in total. The van der Waals surface area contributed by atoms with E-state index >= 15 is 0 Å². The number of hydrogen-bond acceptors (Lipinski definition) is 5. The number of phenolic OH excluding ortho intramolecular Hbond substituents is 1. The lowest BCUT2D eigenvalue weighted by atomic mass is 9.77. The Morgan fingerprint density at radius 2 is 2.00 bits per heavy atom. The maximum Gasteiger partial charge on any atom is 0.198 e. The molecule has 1 aromatic heterocycles. The molecule has 1 aromatic carbocycles. The highest BCUT2D eigenvalue weighted by atomic mass is 16.7. The van der Waals surface area contributed by atoms with E-state index in [0.29, 0.717) is 6.42 Å². The van der Waals surface area contributed by atoms with Gasteiger partial charge < -0.3 is 19.7 Å². The van der Waals surface area contributed by atoms with Gasteiger partial charge in [0.15, 0.2) is 5.79 Å². The van der Waals surface area contributed by atoms with Gasteiger partial charge in [0.2, 0.25) is 0 Å². The van der Waals surface area contributed by atoms with Gasteiger partial charge in [-0.2, -0.15) is 0 Å². The van der Waals surface area contributed by atoms with Gasteiger partial charge in [-0.1, -0.05) is 6.92 Å². The van der Waals surface area contributed by atoms with Crippen LogP contribution in [0.1, 0.15) is 36.5 Å². The van der Waals surface area contributed by atoms with Crippen molar-refractivity contribution in [3.8, 4) is 5.75 Å². The molecule has 2 N–H and O–H groups in total. The van der Waals surface area contributed by atoms with Crippen LogP contribution in [-0.4, -0.2) is 35.2 Å². The second kappa shape index (κ2) is 4.94. The first-order valence-corrected chi connectivity index (χ1v) is 6.92. The Morgan fingerprint density at radius 3 is 2.67 bits per heavy atom. The summed E-state index contributed by atoms with van der Waals surface area (Å²) in [4.78, 5) is 4.42. The Labute approximate surface area is 123 Å². The van der Waals surface area contributed by atoms with Gasteiger partial charge in [-0.3, -0.25) is 4.98 Å². The minimum atomic E-state index is -1.08. The molecular formula is C16H19NO4. The molecule has 1 aliphatic rings. The number of pyridine rings is 1. The van der Waals surface area contributed by atoms with Crippen molar-refractivity contribution in [2.45, 2.75) is 31.2 Å². The predicted molar refractivity (Wildman–Crippen MR) is 78.1 cm³/mol.